The number of carbonyl (C=O) groups excluding carboxylic acids is 2. The van der Waals surface area contributed by atoms with E-state index in [9.17, 15) is 9.59 Å². The molecule has 1 aromatic heterocycles. The molecule has 0 bridgehead atoms. The number of nitrogens with one attached hydrogen (secondary N) is 1. The number of hydrogen-bond donors (Lipinski definition) is 1. The number of thiazole rings is 1. The van der Waals surface area contributed by atoms with Crippen molar-refractivity contribution in [2.24, 2.45) is 0 Å². The molecular weight excluding hydrogens is 310 g/mol. The zero-order valence-electron chi connectivity index (χ0n) is 13.2. The first-order chi connectivity index (χ1) is 11.1. The number of nitrogens with zero attached hydrogens (tertiary/aromatic N) is 2. The molecule has 1 aromatic carbocycles. The van der Waals surface area contributed by atoms with Gasteiger partial charge in [0.2, 0.25) is 5.91 Å². The Balaban J connectivity index is 1.76. The summed E-state index contributed by atoms with van der Waals surface area (Å²) in [5.41, 5.74) is 2.88. The van der Waals surface area contributed by atoms with E-state index in [1.807, 2.05) is 37.4 Å². The largest absolute Gasteiger partial charge is 0.327 e. The lowest BCUT2D eigenvalue weighted by molar-refractivity contribution is -0.119. The van der Waals surface area contributed by atoms with E-state index in [1.165, 1.54) is 11.3 Å². The number of carbonyl (C=O) groups is 2. The summed E-state index contributed by atoms with van der Waals surface area (Å²) >= 11 is 1.37. The van der Waals surface area contributed by atoms with Crippen LogP contribution in [0.1, 0.15) is 34.3 Å². The minimum atomic E-state index is -0.423. The molecule has 1 aliphatic rings. The molecule has 0 aliphatic carbocycles. The molecule has 6 heteroatoms. The van der Waals surface area contributed by atoms with E-state index >= 15 is 0 Å². The van der Waals surface area contributed by atoms with Crippen LogP contribution in [0.4, 0.5) is 5.13 Å². The van der Waals surface area contributed by atoms with Crippen molar-refractivity contribution in [2.75, 3.05) is 11.9 Å². The number of rotatable bonds is 3. The van der Waals surface area contributed by atoms with Gasteiger partial charge in [0.25, 0.3) is 5.91 Å². The van der Waals surface area contributed by atoms with Crippen LogP contribution in [0.5, 0.6) is 0 Å². The number of benzene rings is 1. The standard InChI is InChI=1S/C17H19N3O2S/c1-11-5-6-13(10-12(11)2)16(22)20-8-3-4-14(20)15(21)19-17-18-7-9-23-17/h5-7,9-10,14H,3-4,8H2,1-2H3,(H,18,19,21). The number of hydrogen-bond acceptors (Lipinski definition) is 4. The molecule has 23 heavy (non-hydrogen) atoms. The Bertz CT molecular complexity index is 727. The topological polar surface area (TPSA) is 62.3 Å². The number of likely N-dealkylation sites (tertiary alicyclic amines) is 1. The number of aromatic nitrogens is 1. The summed E-state index contributed by atoms with van der Waals surface area (Å²) < 4.78 is 0. The van der Waals surface area contributed by atoms with Crippen LogP contribution in [0, 0.1) is 13.8 Å². The summed E-state index contributed by atoms with van der Waals surface area (Å²) in [4.78, 5) is 30.9. The highest BCUT2D eigenvalue weighted by Crippen LogP contribution is 2.23. The first-order valence-corrected chi connectivity index (χ1v) is 8.53. The molecule has 120 valence electrons. The Morgan fingerprint density at radius 3 is 2.83 bits per heavy atom. The Labute approximate surface area is 139 Å². The zero-order valence-corrected chi connectivity index (χ0v) is 14.0. The highest BCUT2D eigenvalue weighted by atomic mass is 32.1. The Morgan fingerprint density at radius 2 is 2.13 bits per heavy atom. The molecule has 3 rings (SSSR count). The van der Waals surface area contributed by atoms with E-state index in [0.717, 1.165) is 17.5 Å². The van der Waals surface area contributed by atoms with Crippen LogP contribution in [0.3, 0.4) is 0 Å². The molecular formula is C17H19N3O2S. The predicted octanol–water partition coefficient (Wildman–Crippen LogP) is 3.00. The lowest BCUT2D eigenvalue weighted by Gasteiger charge is -2.24. The second-order valence-corrected chi connectivity index (χ2v) is 6.68. The van der Waals surface area contributed by atoms with Gasteiger partial charge in [-0.25, -0.2) is 4.98 Å². The smallest absolute Gasteiger partial charge is 0.254 e. The van der Waals surface area contributed by atoms with Crippen LogP contribution in [0.25, 0.3) is 0 Å². The second-order valence-electron chi connectivity index (χ2n) is 5.78. The van der Waals surface area contributed by atoms with Gasteiger partial charge in [0.1, 0.15) is 6.04 Å². The van der Waals surface area contributed by atoms with Gasteiger partial charge in [-0.2, -0.15) is 0 Å². The molecule has 0 saturated carbocycles. The second kappa shape index (κ2) is 6.50. The van der Waals surface area contributed by atoms with E-state index in [4.69, 9.17) is 0 Å². The lowest BCUT2D eigenvalue weighted by Crippen LogP contribution is -2.43. The quantitative estimate of drug-likeness (QED) is 0.941. The van der Waals surface area contributed by atoms with E-state index in [-0.39, 0.29) is 11.8 Å². The first kappa shape index (κ1) is 15.7. The van der Waals surface area contributed by atoms with Gasteiger partial charge in [-0.1, -0.05) is 6.07 Å². The summed E-state index contributed by atoms with van der Waals surface area (Å²) in [7, 11) is 0. The zero-order chi connectivity index (χ0) is 16.4. The van der Waals surface area contributed by atoms with Gasteiger partial charge >= 0.3 is 0 Å². The van der Waals surface area contributed by atoms with Crippen LogP contribution in [0.15, 0.2) is 29.8 Å². The van der Waals surface area contributed by atoms with Crippen molar-refractivity contribution in [3.63, 3.8) is 0 Å². The van der Waals surface area contributed by atoms with Gasteiger partial charge in [0, 0.05) is 23.7 Å². The molecule has 5 nitrogen and oxygen atoms in total. The van der Waals surface area contributed by atoms with Crippen molar-refractivity contribution < 1.29 is 9.59 Å². The molecule has 1 atom stereocenters. The monoisotopic (exact) mass is 329 g/mol. The molecule has 1 fully saturated rings. The van der Waals surface area contributed by atoms with Crippen molar-refractivity contribution in [2.45, 2.75) is 32.7 Å². The maximum absolute atomic E-state index is 12.8. The van der Waals surface area contributed by atoms with Gasteiger partial charge in [-0.15, -0.1) is 11.3 Å². The van der Waals surface area contributed by atoms with Gasteiger partial charge in [-0.05, 0) is 49.9 Å². The van der Waals surface area contributed by atoms with Gasteiger partial charge in [0.15, 0.2) is 5.13 Å². The fourth-order valence-electron chi connectivity index (χ4n) is 2.80. The fraction of sp³-hybridized carbons (Fsp3) is 0.353. The Morgan fingerprint density at radius 1 is 1.30 bits per heavy atom. The number of amides is 2. The number of anilines is 1. The summed E-state index contributed by atoms with van der Waals surface area (Å²) in [5.74, 6) is -0.237. The molecule has 2 amide bonds. The third kappa shape index (κ3) is 3.27. The Kier molecular flexibility index (Phi) is 4.43. The van der Waals surface area contributed by atoms with E-state index in [2.05, 4.69) is 10.3 Å². The predicted molar refractivity (Wildman–Crippen MR) is 90.7 cm³/mol. The molecule has 2 heterocycles. The van der Waals surface area contributed by atoms with Crippen LogP contribution < -0.4 is 5.32 Å². The molecule has 0 radical (unpaired) electrons. The number of aryl methyl sites for hydroxylation is 2. The van der Waals surface area contributed by atoms with Crippen molar-refractivity contribution in [3.8, 4) is 0 Å². The van der Waals surface area contributed by atoms with E-state index in [1.54, 1.807) is 11.1 Å². The SMILES string of the molecule is Cc1ccc(C(=O)N2CCCC2C(=O)Nc2nccs2)cc1C. The van der Waals surface area contributed by atoms with Crippen molar-refractivity contribution in [1.29, 1.82) is 0 Å². The average Bonchev–Trinajstić information content (AvgIpc) is 3.20. The normalized spacial score (nSPS) is 17.3. The van der Waals surface area contributed by atoms with Gasteiger partial charge in [0.05, 0.1) is 0 Å². The minimum Gasteiger partial charge on any atom is -0.327 e. The van der Waals surface area contributed by atoms with Crippen LogP contribution in [0.2, 0.25) is 0 Å². The first-order valence-electron chi connectivity index (χ1n) is 7.65. The van der Waals surface area contributed by atoms with E-state index in [0.29, 0.717) is 23.7 Å². The third-order valence-electron chi connectivity index (χ3n) is 4.23. The van der Waals surface area contributed by atoms with Gasteiger partial charge < -0.3 is 10.2 Å². The maximum Gasteiger partial charge on any atom is 0.254 e. The van der Waals surface area contributed by atoms with Crippen LogP contribution >= 0.6 is 11.3 Å². The van der Waals surface area contributed by atoms with E-state index < -0.39 is 6.04 Å². The highest BCUT2D eigenvalue weighted by Gasteiger charge is 2.34. The van der Waals surface area contributed by atoms with Crippen molar-refractivity contribution >= 4 is 28.3 Å². The van der Waals surface area contributed by atoms with Crippen LogP contribution in [-0.2, 0) is 4.79 Å². The summed E-state index contributed by atoms with van der Waals surface area (Å²) in [5, 5.41) is 5.17. The van der Waals surface area contributed by atoms with Crippen molar-refractivity contribution in [3.05, 3.63) is 46.5 Å². The average molecular weight is 329 g/mol. The molecule has 2 aromatic rings. The summed E-state index contributed by atoms with van der Waals surface area (Å²) in [6.07, 6.45) is 3.17. The third-order valence-corrected chi connectivity index (χ3v) is 4.92. The lowest BCUT2D eigenvalue weighted by atomic mass is 10.1. The van der Waals surface area contributed by atoms with Gasteiger partial charge in [-0.3, -0.25) is 9.59 Å². The maximum atomic E-state index is 12.8. The molecule has 1 aliphatic heterocycles. The molecule has 1 unspecified atom stereocenters. The Hall–Kier alpha value is -2.21. The van der Waals surface area contributed by atoms with Crippen molar-refractivity contribution in [1.82, 2.24) is 9.88 Å². The molecule has 1 saturated heterocycles. The minimum absolute atomic E-state index is 0.0788. The summed E-state index contributed by atoms with van der Waals surface area (Å²) in [6.45, 7) is 4.62. The molecule has 0 spiro atoms. The summed E-state index contributed by atoms with van der Waals surface area (Å²) in [6, 6.07) is 5.25. The highest BCUT2D eigenvalue weighted by molar-refractivity contribution is 7.13. The molecule has 1 N–H and O–H groups in total. The fourth-order valence-corrected chi connectivity index (χ4v) is 3.33. The van der Waals surface area contributed by atoms with Crippen LogP contribution in [-0.4, -0.2) is 34.3 Å².